The van der Waals surface area contributed by atoms with Gasteiger partial charge in [-0.2, -0.15) is 4.98 Å². The van der Waals surface area contributed by atoms with Gasteiger partial charge in [0.1, 0.15) is 5.69 Å². The zero-order valence-corrected chi connectivity index (χ0v) is 15.4. The first-order valence-corrected chi connectivity index (χ1v) is 9.15. The van der Waals surface area contributed by atoms with Gasteiger partial charge in [0.15, 0.2) is 0 Å². The Morgan fingerprint density at radius 3 is 2.74 bits per heavy atom. The maximum atomic E-state index is 12.6. The summed E-state index contributed by atoms with van der Waals surface area (Å²) in [6.45, 7) is 3.39. The number of carbonyl (C=O) groups excluding carboxylic acids is 1. The number of piperidine rings is 1. The summed E-state index contributed by atoms with van der Waals surface area (Å²) in [4.78, 5) is 29.6. The van der Waals surface area contributed by atoms with Crippen molar-refractivity contribution in [2.45, 2.75) is 18.4 Å². The minimum Gasteiger partial charge on any atom is -0.481 e. The quantitative estimate of drug-likeness (QED) is 0.809. The monoisotopic (exact) mass is 369 g/mol. The van der Waals surface area contributed by atoms with E-state index >= 15 is 0 Å². The molecule has 0 bridgehead atoms. The molecule has 4 heterocycles. The highest BCUT2D eigenvalue weighted by Gasteiger charge is 2.41. The normalized spacial score (nSPS) is 19.1. The van der Waals surface area contributed by atoms with E-state index in [1.165, 1.54) is 0 Å². The van der Waals surface area contributed by atoms with Crippen molar-refractivity contribution in [2.24, 2.45) is 0 Å². The highest BCUT2D eigenvalue weighted by Crippen LogP contribution is 2.32. The second-order valence-corrected chi connectivity index (χ2v) is 6.86. The van der Waals surface area contributed by atoms with E-state index < -0.39 is 0 Å². The second-order valence-electron chi connectivity index (χ2n) is 6.86. The van der Waals surface area contributed by atoms with Crippen LogP contribution in [0, 0.1) is 0 Å². The lowest BCUT2D eigenvalue weighted by Crippen LogP contribution is -2.58. The topological polar surface area (TPSA) is 80.7 Å². The van der Waals surface area contributed by atoms with Crippen molar-refractivity contribution in [1.29, 1.82) is 0 Å². The fraction of sp³-hybridized carbons (Fsp3) is 0.474. The van der Waals surface area contributed by atoms with Crippen LogP contribution in [0.2, 0.25) is 0 Å². The fourth-order valence-electron chi connectivity index (χ4n) is 3.69. The van der Waals surface area contributed by atoms with Crippen LogP contribution in [0.25, 0.3) is 0 Å². The Balaban J connectivity index is 1.42. The lowest BCUT2D eigenvalue weighted by atomic mass is 9.89. The summed E-state index contributed by atoms with van der Waals surface area (Å²) in [7, 11) is 1.60. The average molecular weight is 369 g/mol. The van der Waals surface area contributed by atoms with Crippen molar-refractivity contribution in [3.63, 3.8) is 0 Å². The Bertz CT molecular complexity index is 793. The van der Waals surface area contributed by atoms with Crippen LogP contribution in [0.1, 0.15) is 23.3 Å². The third kappa shape index (κ3) is 3.71. The number of amides is 1. The average Bonchev–Trinajstić information content (AvgIpc) is 2.74. The summed E-state index contributed by atoms with van der Waals surface area (Å²) in [5, 5.41) is 0. The molecule has 0 aliphatic carbocycles. The van der Waals surface area contributed by atoms with Gasteiger partial charge in [0, 0.05) is 38.1 Å². The van der Waals surface area contributed by atoms with Gasteiger partial charge < -0.3 is 19.3 Å². The van der Waals surface area contributed by atoms with Crippen LogP contribution >= 0.6 is 0 Å². The molecule has 0 N–H and O–H groups in total. The lowest BCUT2D eigenvalue weighted by Gasteiger charge is -2.47. The zero-order valence-electron chi connectivity index (χ0n) is 15.4. The summed E-state index contributed by atoms with van der Waals surface area (Å²) in [5.74, 6) is 1.19. The molecular formula is C19H23N5O3. The van der Waals surface area contributed by atoms with Crippen LogP contribution < -0.4 is 9.64 Å². The number of anilines is 1. The van der Waals surface area contributed by atoms with E-state index in [4.69, 9.17) is 9.47 Å². The van der Waals surface area contributed by atoms with E-state index in [0.29, 0.717) is 43.8 Å². The van der Waals surface area contributed by atoms with Crippen molar-refractivity contribution in [1.82, 2.24) is 19.9 Å². The first-order chi connectivity index (χ1) is 13.2. The molecule has 1 spiro atoms. The van der Waals surface area contributed by atoms with E-state index in [-0.39, 0.29) is 11.5 Å². The first kappa shape index (κ1) is 17.7. The number of rotatable bonds is 3. The Labute approximate surface area is 158 Å². The number of likely N-dealkylation sites (tertiary alicyclic amines) is 1. The van der Waals surface area contributed by atoms with Crippen LogP contribution in [-0.2, 0) is 4.74 Å². The van der Waals surface area contributed by atoms with Crippen LogP contribution in [-0.4, -0.2) is 71.3 Å². The fourth-order valence-corrected chi connectivity index (χ4v) is 3.69. The molecular weight excluding hydrogens is 346 g/mol. The number of nitrogens with zero attached hydrogens (tertiary/aromatic N) is 5. The smallest absolute Gasteiger partial charge is 0.272 e. The van der Waals surface area contributed by atoms with E-state index in [1.807, 2.05) is 17.0 Å². The molecule has 0 unspecified atom stereocenters. The molecule has 0 radical (unpaired) electrons. The van der Waals surface area contributed by atoms with Crippen LogP contribution in [0.3, 0.4) is 0 Å². The maximum absolute atomic E-state index is 12.6. The number of morpholine rings is 1. The van der Waals surface area contributed by atoms with E-state index in [2.05, 4.69) is 19.9 Å². The number of methoxy groups -OCH3 is 1. The number of hydrogen-bond acceptors (Lipinski definition) is 7. The van der Waals surface area contributed by atoms with Gasteiger partial charge in [0.25, 0.3) is 5.91 Å². The number of pyridine rings is 1. The molecule has 2 aromatic rings. The molecule has 0 atom stereocenters. The van der Waals surface area contributed by atoms with E-state index in [1.54, 1.807) is 31.6 Å². The van der Waals surface area contributed by atoms with Crippen LogP contribution in [0.4, 0.5) is 5.95 Å². The molecule has 27 heavy (non-hydrogen) atoms. The van der Waals surface area contributed by atoms with Gasteiger partial charge in [-0.3, -0.25) is 9.78 Å². The largest absolute Gasteiger partial charge is 0.481 e. The third-order valence-electron chi connectivity index (χ3n) is 5.20. The minimum absolute atomic E-state index is 0.0192. The highest BCUT2D eigenvalue weighted by atomic mass is 16.5. The molecule has 8 nitrogen and oxygen atoms in total. The molecule has 2 aliphatic heterocycles. The molecule has 0 aromatic carbocycles. The van der Waals surface area contributed by atoms with Gasteiger partial charge in [-0.1, -0.05) is 6.07 Å². The summed E-state index contributed by atoms with van der Waals surface area (Å²) in [6.07, 6.45) is 4.92. The molecule has 4 rings (SSSR count). The number of aromatic nitrogens is 3. The summed E-state index contributed by atoms with van der Waals surface area (Å²) in [6, 6.07) is 7.14. The Hall–Kier alpha value is -2.74. The van der Waals surface area contributed by atoms with E-state index in [0.717, 1.165) is 19.4 Å². The molecule has 2 fully saturated rings. The van der Waals surface area contributed by atoms with Crippen LogP contribution in [0.15, 0.2) is 36.7 Å². The predicted octanol–water partition coefficient (Wildman–Crippen LogP) is 1.39. The Morgan fingerprint density at radius 1 is 1.15 bits per heavy atom. The number of ether oxygens (including phenoxy) is 2. The highest BCUT2D eigenvalue weighted by molar-refractivity contribution is 5.92. The minimum atomic E-state index is -0.272. The number of carbonyl (C=O) groups is 1. The predicted molar refractivity (Wildman–Crippen MR) is 98.9 cm³/mol. The van der Waals surface area contributed by atoms with Crippen molar-refractivity contribution in [3.8, 4) is 5.88 Å². The standard InChI is InChI=1S/C19H23N5O3/c1-26-16-5-9-21-18(22-16)24-12-13-27-19(14-24)6-10-23(11-7-19)17(25)15-4-2-3-8-20-15/h2-5,8-9H,6-7,10-14H2,1H3. The molecule has 0 saturated carbocycles. The number of hydrogen-bond donors (Lipinski definition) is 0. The second kappa shape index (κ2) is 7.48. The molecule has 1 amide bonds. The molecule has 2 aliphatic rings. The van der Waals surface area contributed by atoms with Gasteiger partial charge in [-0.15, -0.1) is 0 Å². The summed E-state index contributed by atoms with van der Waals surface area (Å²) < 4.78 is 11.4. The first-order valence-electron chi connectivity index (χ1n) is 9.15. The van der Waals surface area contributed by atoms with Gasteiger partial charge in [0.2, 0.25) is 11.8 Å². The Morgan fingerprint density at radius 2 is 2.00 bits per heavy atom. The van der Waals surface area contributed by atoms with Gasteiger partial charge in [0.05, 0.1) is 25.9 Å². The van der Waals surface area contributed by atoms with E-state index in [9.17, 15) is 4.79 Å². The maximum Gasteiger partial charge on any atom is 0.272 e. The zero-order chi connectivity index (χ0) is 18.7. The lowest BCUT2D eigenvalue weighted by molar-refractivity contribution is -0.0872. The molecule has 8 heteroatoms. The van der Waals surface area contributed by atoms with Crippen LogP contribution in [0.5, 0.6) is 5.88 Å². The van der Waals surface area contributed by atoms with Gasteiger partial charge in [-0.05, 0) is 25.0 Å². The van der Waals surface area contributed by atoms with Crippen molar-refractivity contribution < 1.29 is 14.3 Å². The molecule has 2 aromatic heterocycles. The van der Waals surface area contributed by atoms with Crippen molar-refractivity contribution >= 4 is 11.9 Å². The van der Waals surface area contributed by atoms with Crippen molar-refractivity contribution in [3.05, 3.63) is 42.4 Å². The molecule has 142 valence electrons. The summed E-state index contributed by atoms with van der Waals surface area (Å²) >= 11 is 0. The molecule has 2 saturated heterocycles. The van der Waals surface area contributed by atoms with Gasteiger partial charge >= 0.3 is 0 Å². The Kier molecular flexibility index (Phi) is 4.89. The SMILES string of the molecule is COc1ccnc(N2CCOC3(CCN(C(=O)c4ccccn4)CC3)C2)n1. The summed E-state index contributed by atoms with van der Waals surface area (Å²) in [5.41, 5.74) is 0.218. The third-order valence-corrected chi connectivity index (χ3v) is 5.20. The van der Waals surface area contributed by atoms with Crippen molar-refractivity contribution in [2.75, 3.05) is 44.8 Å². The van der Waals surface area contributed by atoms with Gasteiger partial charge in [-0.25, -0.2) is 4.98 Å².